The van der Waals surface area contributed by atoms with Gasteiger partial charge < -0.3 is 5.32 Å². The summed E-state index contributed by atoms with van der Waals surface area (Å²) in [6.45, 7) is 0.162. The SMILES string of the molecule is CN(CC(=O)NC(=O)Nc1ccccc1F)C1CCCCCC1. The van der Waals surface area contributed by atoms with Gasteiger partial charge in [-0.2, -0.15) is 0 Å². The van der Waals surface area contributed by atoms with Gasteiger partial charge in [-0.3, -0.25) is 15.0 Å². The molecule has 1 fully saturated rings. The number of likely N-dealkylation sites (N-methyl/N-ethyl adjacent to an activating group) is 1. The number of carbonyl (C=O) groups is 2. The van der Waals surface area contributed by atoms with Crippen molar-refractivity contribution in [3.05, 3.63) is 30.1 Å². The molecule has 0 heterocycles. The molecule has 1 aliphatic carbocycles. The second-order valence-electron chi connectivity index (χ2n) is 6.04. The molecule has 1 saturated carbocycles. The maximum absolute atomic E-state index is 13.4. The molecule has 5 nitrogen and oxygen atoms in total. The van der Waals surface area contributed by atoms with E-state index >= 15 is 0 Å². The number of nitrogens with zero attached hydrogens (tertiary/aromatic N) is 1. The first kappa shape index (κ1) is 17.4. The van der Waals surface area contributed by atoms with Crippen molar-refractivity contribution < 1.29 is 14.0 Å². The van der Waals surface area contributed by atoms with Crippen molar-refractivity contribution in [2.45, 2.75) is 44.6 Å². The van der Waals surface area contributed by atoms with E-state index in [2.05, 4.69) is 10.6 Å². The molecule has 23 heavy (non-hydrogen) atoms. The van der Waals surface area contributed by atoms with Crippen LogP contribution in [0.25, 0.3) is 0 Å². The van der Waals surface area contributed by atoms with E-state index in [0.29, 0.717) is 6.04 Å². The highest BCUT2D eigenvalue weighted by Crippen LogP contribution is 2.20. The van der Waals surface area contributed by atoms with E-state index in [4.69, 9.17) is 0 Å². The Bertz CT molecular complexity index is 542. The van der Waals surface area contributed by atoms with Crippen molar-refractivity contribution >= 4 is 17.6 Å². The minimum absolute atomic E-state index is 0.0509. The van der Waals surface area contributed by atoms with Crippen LogP contribution < -0.4 is 10.6 Å². The largest absolute Gasteiger partial charge is 0.326 e. The predicted molar refractivity (Wildman–Crippen MR) is 87.7 cm³/mol. The number of nitrogens with one attached hydrogen (secondary N) is 2. The molecule has 1 aromatic rings. The summed E-state index contributed by atoms with van der Waals surface area (Å²) in [7, 11) is 1.91. The van der Waals surface area contributed by atoms with Crippen molar-refractivity contribution in [1.29, 1.82) is 0 Å². The number of imide groups is 1. The Balaban J connectivity index is 1.79. The third-order valence-corrected chi connectivity index (χ3v) is 4.22. The number of amides is 3. The van der Waals surface area contributed by atoms with Gasteiger partial charge >= 0.3 is 6.03 Å². The van der Waals surface area contributed by atoms with E-state index < -0.39 is 11.8 Å². The van der Waals surface area contributed by atoms with E-state index in [1.54, 1.807) is 6.07 Å². The molecule has 0 radical (unpaired) electrons. The molecule has 0 bridgehead atoms. The highest BCUT2D eigenvalue weighted by molar-refractivity contribution is 6.01. The molecule has 0 saturated heterocycles. The average Bonchev–Trinajstić information content (AvgIpc) is 2.78. The molecule has 6 heteroatoms. The minimum atomic E-state index is -0.714. The highest BCUT2D eigenvalue weighted by Gasteiger charge is 2.20. The summed E-state index contributed by atoms with van der Waals surface area (Å²) in [6, 6.07) is 5.51. The number of anilines is 1. The fourth-order valence-corrected chi connectivity index (χ4v) is 2.94. The third kappa shape index (κ3) is 5.63. The maximum atomic E-state index is 13.4. The Hall–Kier alpha value is -1.95. The quantitative estimate of drug-likeness (QED) is 0.838. The zero-order valence-corrected chi connectivity index (χ0v) is 13.5. The van der Waals surface area contributed by atoms with Crippen molar-refractivity contribution in [3.63, 3.8) is 0 Å². The molecule has 0 unspecified atom stereocenters. The molecule has 0 aliphatic heterocycles. The van der Waals surface area contributed by atoms with Gasteiger partial charge in [-0.05, 0) is 32.0 Å². The van der Waals surface area contributed by atoms with E-state index in [9.17, 15) is 14.0 Å². The van der Waals surface area contributed by atoms with Gasteiger partial charge in [-0.1, -0.05) is 37.8 Å². The van der Waals surface area contributed by atoms with Gasteiger partial charge in [-0.25, -0.2) is 9.18 Å². The summed E-state index contributed by atoms with van der Waals surface area (Å²) in [5.41, 5.74) is 0.0509. The van der Waals surface area contributed by atoms with Gasteiger partial charge in [0.15, 0.2) is 0 Å². The summed E-state index contributed by atoms with van der Waals surface area (Å²) in [6.07, 6.45) is 7.05. The van der Waals surface area contributed by atoms with Crippen LogP contribution >= 0.6 is 0 Å². The van der Waals surface area contributed by atoms with Gasteiger partial charge in [0.05, 0.1) is 12.2 Å². The fraction of sp³-hybridized carbons (Fsp3) is 0.529. The van der Waals surface area contributed by atoms with Crippen molar-refractivity contribution in [3.8, 4) is 0 Å². The lowest BCUT2D eigenvalue weighted by Gasteiger charge is -2.26. The lowest BCUT2D eigenvalue weighted by molar-refractivity contribution is -0.121. The summed E-state index contributed by atoms with van der Waals surface area (Å²) in [5, 5.41) is 4.58. The minimum Gasteiger partial charge on any atom is -0.305 e. The Labute approximate surface area is 136 Å². The average molecular weight is 321 g/mol. The number of urea groups is 1. The Morgan fingerprint density at radius 2 is 1.83 bits per heavy atom. The molecule has 0 spiro atoms. The number of hydrogen-bond acceptors (Lipinski definition) is 3. The molecule has 0 aromatic heterocycles. The summed E-state index contributed by atoms with van der Waals surface area (Å²) in [4.78, 5) is 25.7. The number of hydrogen-bond donors (Lipinski definition) is 2. The van der Waals surface area contributed by atoms with Gasteiger partial charge in [0.25, 0.3) is 0 Å². The van der Waals surface area contributed by atoms with Crippen LogP contribution in [0.2, 0.25) is 0 Å². The van der Waals surface area contributed by atoms with Crippen LogP contribution in [-0.4, -0.2) is 36.5 Å². The molecule has 1 aliphatic rings. The van der Waals surface area contributed by atoms with E-state index in [0.717, 1.165) is 12.8 Å². The van der Waals surface area contributed by atoms with Crippen molar-refractivity contribution in [1.82, 2.24) is 10.2 Å². The molecule has 3 amide bonds. The molecule has 2 rings (SSSR count). The number of halogens is 1. The lowest BCUT2D eigenvalue weighted by Crippen LogP contribution is -2.43. The van der Waals surface area contributed by atoms with Crippen molar-refractivity contribution in [2.24, 2.45) is 0 Å². The van der Waals surface area contributed by atoms with Crippen LogP contribution in [0.5, 0.6) is 0 Å². The Morgan fingerprint density at radius 3 is 2.48 bits per heavy atom. The first-order valence-corrected chi connectivity index (χ1v) is 8.12. The van der Waals surface area contributed by atoms with Gasteiger partial charge in [0.2, 0.25) is 5.91 Å². The van der Waals surface area contributed by atoms with Crippen LogP contribution in [0.15, 0.2) is 24.3 Å². The first-order chi connectivity index (χ1) is 11.1. The second-order valence-corrected chi connectivity index (χ2v) is 6.04. The van der Waals surface area contributed by atoms with Gasteiger partial charge in [0.1, 0.15) is 5.82 Å². The fourth-order valence-electron chi connectivity index (χ4n) is 2.94. The Kier molecular flexibility index (Phi) is 6.52. The number of carbonyl (C=O) groups excluding carboxylic acids is 2. The molecule has 126 valence electrons. The lowest BCUT2D eigenvalue weighted by atomic mass is 10.1. The zero-order valence-electron chi connectivity index (χ0n) is 13.5. The number of rotatable bonds is 4. The third-order valence-electron chi connectivity index (χ3n) is 4.22. The smallest absolute Gasteiger partial charge is 0.305 e. The van der Waals surface area contributed by atoms with Crippen LogP contribution in [0.4, 0.5) is 14.9 Å². The molecule has 0 atom stereocenters. The number of para-hydroxylation sites is 1. The van der Waals surface area contributed by atoms with E-state index in [1.807, 2.05) is 11.9 Å². The standard InChI is InChI=1S/C17H24FN3O2/c1-21(13-8-4-2-3-5-9-13)12-16(22)20-17(23)19-15-11-7-6-10-14(15)18/h6-7,10-11,13H,2-5,8-9,12H2,1H3,(H2,19,20,22,23). The van der Waals surface area contributed by atoms with Crippen LogP contribution in [0, 0.1) is 5.82 Å². The molecule has 2 N–H and O–H groups in total. The second kappa shape index (κ2) is 8.62. The van der Waals surface area contributed by atoms with E-state index in [-0.39, 0.29) is 18.1 Å². The first-order valence-electron chi connectivity index (χ1n) is 8.12. The number of benzene rings is 1. The van der Waals surface area contributed by atoms with Gasteiger partial charge in [-0.15, -0.1) is 0 Å². The summed E-state index contributed by atoms with van der Waals surface area (Å²) >= 11 is 0. The van der Waals surface area contributed by atoms with Crippen molar-refractivity contribution in [2.75, 3.05) is 18.9 Å². The molecular formula is C17H24FN3O2. The van der Waals surface area contributed by atoms with Crippen LogP contribution in [-0.2, 0) is 4.79 Å². The van der Waals surface area contributed by atoms with Crippen LogP contribution in [0.1, 0.15) is 38.5 Å². The molecular weight excluding hydrogens is 297 g/mol. The maximum Gasteiger partial charge on any atom is 0.326 e. The zero-order chi connectivity index (χ0) is 16.7. The molecule has 1 aromatic carbocycles. The van der Waals surface area contributed by atoms with Gasteiger partial charge in [0, 0.05) is 6.04 Å². The monoisotopic (exact) mass is 321 g/mol. The normalized spacial score (nSPS) is 16.0. The predicted octanol–water partition coefficient (Wildman–Crippen LogP) is 3.13. The Morgan fingerprint density at radius 1 is 1.17 bits per heavy atom. The highest BCUT2D eigenvalue weighted by atomic mass is 19.1. The summed E-state index contributed by atoms with van der Waals surface area (Å²) < 4.78 is 13.4. The summed E-state index contributed by atoms with van der Waals surface area (Å²) in [5.74, 6) is -0.920. The van der Waals surface area contributed by atoms with Crippen LogP contribution in [0.3, 0.4) is 0 Å². The topological polar surface area (TPSA) is 61.4 Å². The van der Waals surface area contributed by atoms with E-state index in [1.165, 1.54) is 43.9 Å².